The van der Waals surface area contributed by atoms with Gasteiger partial charge in [-0.1, -0.05) is 41.5 Å². The van der Waals surface area contributed by atoms with Crippen LogP contribution in [-0.2, 0) is 0 Å². The van der Waals surface area contributed by atoms with Gasteiger partial charge in [0, 0.05) is 0 Å². The van der Waals surface area contributed by atoms with E-state index in [-0.39, 0.29) is 0 Å². The molecular weight excluding hydrogens is 216 g/mol. The van der Waals surface area contributed by atoms with Crippen molar-refractivity contribution >= 4 is 0 Å². The van der Waals surface area contributed by atoms with Crippen molar-refractivity contribution in [3.8, 4) is 0 Å². The van der Waals surface area contributed by atoms with Gasteiger partial charge in [-0.2, -0.15) is 0 Å². The second kappa shape index (κ2) is 5.55. The molecule has 4 atom stereocenters. The fraction of sp³-hybridized carbons (Fsp3) is 1.00. The molecule has 0 aromatic carbocycles. The summed E-state index contributed by atoms with van der Waals surface area (Å²) in [5, 5.41) is 0. The molecule has 18 heavy (non-hydrogen) atoms. The molecule has 0 saturated heterocycles. The minimum atomic E-state index is 1.10. The third kappa shape index (κ3) is 1.70. The van der Waals surface area contributed by atoms with E-state index in [9.17, 15) is 0 Å². The zero-order chi connectivity index (χ0) is 13.4. The Morgan fingerprint density at radius 2 is 0.722 bits per heavy atom. The molecule has 4 fully saturated rings. The zero-order valence-electron chi connectivity index (χ0n) is 13.4. The molecule has 4 rings (SSSR count). The van der Waals surface area contributed by atoms with Gasteiger partial charge in [0.05, 0.1) is 0 Å². The van der Waals surface area contributed by atoms with E-state index in [0.29, 0.717) is 0 Å². The topological polar surface area (TPSA) is 0 Å². The van der Waals surface area contributed by atoms with Gasteiger partial charge < -0.3 is 0 Å². The summed E-state index contributed by atoms with van der Waals surface area (Å²) < 4.78 is 0. The van der Waals surface area contributed by atoms with E-state index < -0.39 is 0 Å². The van der Waals surface area contributed by atoms with Crippen LogP contribution in [0.4, 0.5) is 0 Å². The molecule has 0 radical (unpaired) electrons. The van der Waals surface area contributed by atoms with Gasteiger partial charge in [0.25, 0.3) is 0 Å². The monoisotopic (exact) mass is 250 g/mol. The lowest BCUT2D eigenvalue weighted by Gasteiger charge is -2.34. The molecule has 0 amide bonds. The van der Waals surface area contributed by atoms with Crippen molar-refractivity contribution < 1.29 is 0 Å². The van der Waals surface area contributed by atoms with E-state index >= 15 is 0 Å². The molecule has 0 aromatic rings. The molecule has 0 heterocycles. The second-order valence-electron chi connectivity index (χ2n) is 6.68. The van der Waals surface area contributed by atoms with Crippen LogP contribution < -0.4 is 0 Å². The van der Waals surface area contributed by atoms with E-state index in [4.69, 9.17) is 0 Å². The summed E-state index contributed by atoms with van der Waals surface area (Å²) in [5.41, 5.74) is 0. The quantitative estimate of drug-likeness (QED) is 0.489. The van der Waals surface area contributed by atoms with Gasteiger partial charge in [-0.15, -0.1) is 0 Å². The van der Waals surface area contributed by atoms with Gasteiger partial charge in [0.15, 0.2) is 0 Å². The number of hydrogen-bond acceptors (Lipinski definition) is 0. The van der Waals surface area contributed by atoms with Crippen molar-refractivity contribution in [1.29, 1.82) is 0 Å². The fourth-order valence-electron chi connectivity index (χ4n) is 6.41. The number of rotatable bonds is 0. The third-order valence-corrected chi connectivity index (χ3v) is 6.79. The Balaban J connectivity index is 0.000000277. The van der Waals surface area contributed by atoms with Crippen LogP contribution in [0.2, 0.25) is 0 Å². The Labute approximate surface area is 115 Å². The Hall–Kier alpha value is 0. The van der Waals surface area contributed by atoms with Crippen LogP contribution >= 0.6 is 0 Å². The molecular formula is C18H34. The molecule has 0 N–H and O–H groups in total. The lowest BCUT2D eigenvalue weighted by molar-refractivity contribution is 0.146. The molecule has 0 spiro atoms. The molecule has 0 heteroatoms. The summed E-state index contributed by atoms with van der Waals surface area (Å²) in [5.74, 6) is 9.20. The van der Waals surface area contributed by atoms with E-state index in [2.05, 4.69) is 13.8 Å². The Kier molecular flexibility index (Phi) is 4.44. The predicted molar refractivity (Wildman–Crippen MR) is 80.4 cm³/mol. The Bertz CT molecular complexity index is 217. The zero-order valence-corrected chi connectivity index (χ0v) is 13.4. The maximum Gasteiger partial charge on any atom is -0.0318 e. The van der Waals surface area contributed by atoms with E-state index in [1.165, 1.54) is 11.8 Å². The highest BCUT2D eigenvalue weighted by Gasteiger charge is 2.64. The van der Waals surface area contributed by atoms with Gasteiger partial charge in [-0.25, -0.2) is 0 Å². The molecule has 4 bridgehead atoms. The molecule has 4 saturated carbocycles. The first-order valence-electron chi connectivity index (χ1n) is 8.79. The highest BCUT2D eigenvalue weighted by atomic mass is 14.7. The van der Waals surface area contributed by atoms with Crippen molar-refractivity contribution in [1.82, 2.24) is 0 Å². The lowest BCUT2D eigenvalue weighted by Crippen LogP contribution is -2.27. The van der Waals surface area contributed by atoms with Crippen molar-refractivity contribution in [3.05, 3.63) is 0 Å². The first-order valence-corrected chi connectivity index (χ1v) is 8.79. The van der Waals surface area contributed by atoms with E-state index in [1.807, 2.05) is 27.7 Å². The van der Waals surface area contributed by atoms with Crippen LogP contribution in [0.15, 0.2) is 0 Å². The highest BCUT2D eigenvalue weighted by Crippen LogP contribution is 2.70. The molecule has 4 aliphatic rings. The van der Waals surface area contributed by atoms with Crippen LogP contribution in [0.3, 0.4) is 0 Å². The van der Waals surface area contributed by atoms with Gasteiger partial charge in [0.1, 0.15) is 0 Å². The SMILES string of the molecule is CC.CC.CC1C2CCC1C1C3CCC(C3C)C21. The minimum absolute atomic E-state index is 1.10. The minimum Gasteiger partial charge on any atom is -0.0683 e. The normalized spacial score (nSPS) is 54.3. The van der Waals surface area contributed by atoms with Gasteiger partial charge in [0.2, 0.25) is 0 Å². The second-order valence-corrected chi connectivity index (χ2v) is 6.68. The summed E-state index contributed by atoms with van der Waals surface area (Å²) in [6, 6.07) is 0. The molecule has 0 aromatic heterocycles. The van der Waals surface area contributed by atoms with Crippen LogP contribution in [0.5, 0.6) is 0 Å². The maximum atomic E-state index is 2.56. The largest absolute Gasteiger partial charge is 0.0683 e. The number of fused-ring (bicyclic) bond motifs is 9. The van der Waals surface area contributed by atoms with Crippen LogP contribution in [0.1, 0.15) is 67.2 Å². The third-order valence-electron chi connectivity index (χ3n) is 6.79. The van der Waals surface area contributed by atoms with Crippen LogP contribution in [0, 0.1) is 47.3 Å². The summed E-state index contributed by atoms with van der Waals surface area (Å²) in [4.78, 5) is 0. The van der Waals surface area contributed by atoms with Crippen LogP contribution in [-0.4, -0.2) is 0 Å². The van der Waals surface area contributed by atoms with Crippen molar-refractivity contribution in [3.63, 3.8) is 0 Å². The fourth-order valence-corrected chi connectivity index (χ4v) is 6.41. The van der Waals surface area contributed by atoms with E-state index in [0.717, 1.165) is 35.5 Å². The molecule has 4 unspecified atom stereocenters. The van der Waals surface area contributed by atoms with Crippen LogP contribution in [0.25, 0.3) is 0 Å². The summed E-state index contributed by atoms with van der Waals surface area (Å²) >= 11 is 0. The highest BCUT2D eigenvalue weighted by molar-refractivity contribution is 5.12. The van der Waals surface area contributed by atoms with Gasteiger partial charge in [-0.05, 0) is 73.0 Å². The van der Waals surface area contributed by atoms with Crippen molar-refractivity contribution in [2.75, 3.05) is 0 Å². The van der Waals surface area contributed by atoms with Crippen molar-refractivity contribution in [2.45, 2.75) is 67.2 Å². The predicted octanol–water partition coefficient (Wildman–Crippen LogP) is 5.62. The molecule has 0 nitrogen and oxygen atoms in total. The van der Waals surface area contributed by atoms with E-state index in [1.54, 1.807) is 25.7 Å². The summed E-state index contributed by atoms with van der Waals surface area (Å²) in [6.07, 6.45) is 6.35. The standard InChI is InChI=1S/C14H22.2C2H6/c1-7-9-3-4-10(7)14-12-6-5-11(8(12)2)13(9)14;2*1-2/h7-14H,3-6H2,1-2H3;2*1-2H3. The summed E-state index contributed by atoms with van der Waals surface area (Å²) in [7, 11) is 0. The molecule has 4 aliphatic carbocycles. The molecule has 106 valence electrons. The average Bonchev–Trinajstić information content (AvgIpc) is 3.14. The lowest BCUT2D eigenvalue weighted by atomic mass is 9.71. The average molecular weight is 250 g/mol. The van der Waals surface area contributed by atoms with Crippen molar-refractivity contribution in [2.24, 2.45) is 47.3 Å². The number of hydrogen-bond donors (Lipinski definition) is 0. The first-order chi connectivity index (χ1) is 8.79. The van der Waals surface area contributed by atoms with Gasteiger partial charge in [-0.3, -0.25) is 0 Å². The smallest absolute Gasteiger partial charge is 0.0318 e. The first kappa shape index (κ1) is 14.4. The summed E-state index contributed by atoms with van der Waals surface area (Å²) in [6.45, 7) is 13.1. The Morgan fingerprint density at radius 3 is 0.944 bits per heavy atom. The Morgan fingerprint density at radius 1 is 0.500 bits per heavy atom. The maximum absolute atomic E-state index is 2.56. The molecule has 0 aliphatic heterocycles. The van der Waals surface area contributed by atoms with Gasteiger partial charge >= 0.3 is 0 Å².